The Morgan fingerprint density at radius 3 is 1.89 bits per heavy atom. The number of phosphoric ester groups is 1. The van der Waals surface area contributed by atoms with Crippen molar-refractivity contribution in [2.24, 2.45) is 0 Å². The number of likely N-dealkylation sites (N-methyl/N-ethyl adjacent to an activating group) is 1. The van der Waals surface area contributed by atoms with Crippen LogP contribution in [0.4, 0.5) is 0 Å². The predicted molar refractivity (Wildman–Crippen MR) is 223 cm³/mol. The van der Waals surface area contributed by atoms with E-state index in [1.165, 1.54) is 57.8 Å². The summed E-state index contributed by atoms with van der Waals surface area (Å²) in [6.07, 6.45) is 42.3. The maximum absolute atomic E-state index is 12.5. The second-order valence-electron chi connectivity index (χ2n) is 15.2. The van der Waals surface area contributed by atoms with E-state index in [1.807, 2.05) is 45.4 Å². The van der Waals surface area contributed by atoms with Crippen LogP contribution in [0.3, 0.4) is 0 Å². The smallest absolute Gasteiger partial charge is 0.305 e. The van der Waals surface area contributed by atoms with Gasteiger partial charge in [-0.15, -0.1) is 0 Å². The number of esters is 1. The molecule has 0 spiro atoms. The van der Waals surface area contributed by atoms with Gasteiger partial charge in [-0.1, -0.05) is 127 Å². The molecule has 0 amide bonds. The Hall–Kier alpha value is -2.00. The molecule has 0 radical (unpaired) electrons. The van der Waals surface area contributed by atoms with Crippen molar-refractivity contribution in [3.8, 4) is 0 Å². The number of allylic oxidation sites excluding steroid dienone is 7. The molecular formula is C44H80NO8P. The van der Waals surface area contributed by atoms with Crippen LogP contribution in [0.2, 0.25) is 0 Å². The first-order valence-electron chi connectivity index (χ1n) is 21.2. The second-order valence-corrected chi connectivity index (χ2v) is 16.6. The molecule has 0 rings (SSSR count). The highest BCUT2D eigenvalue weighted by Crippen LogP contribution is 2.38. The average Bonchev–Trinajstić information content (AvgIpc) is 3.12. The summed E-state index contributed by atoms with van der Waals surface area (Å²) in [4.78, 5) is 24.8. The molecule has 0 saturated heterocycles. The first-order chi connectivity index (χ1) is 26.0. The van der Waals surface area contributed by atoms with E-state index >= 15 is 0 Å². The molecule has 0 aliphatic carbocycles. The molecule has 2 unspecified atom stereocenters. The standard InChI is InChI=1S/C44H80NO8P/c1-6-8-10-11-12-13-14-15-16-17-18-19-23-26-29-33-38-50-43(41-53-54(48,49)52-39-37-45(3,4)5)40-51-44(47)36-32-28-25-22-20-21-24-27-31-35-42(46)34-30-9-7-2/h9,15-16,24,27,30-31,33,35,38,42-43,46H,6-8,10-14,17-23,25-26,28-29,32,34,36-37,39-41H2,1-5H3/b16-15-,27-24+,30-9+,35-31+,38-33+/t42?,43-/m1/s1. The van der Waals surface area contributed by atoms with Crippen molar-refractivity contribution in [3.63, 3.8) is 0 Å². The van der Waals surface area contributed by atoms with Gasteiger partial charge in [-0.05, 0) is 76.7 Å². The van der Waals surface area contributed by atoms with Crippen LogP contribution in [0, 0.1) is 0 Å². The zero-order valence-corrected chi connectivity index (χ0v) is 35.9. The summed E-state index contributed by atoms with van der Waals surface area (Å²) in [6.45, 7) is 4.42. The van der Waals surface area contributed by atoms with Gasteiger partial charge in [0.25, 0.3) is 7.82 Å². The lowest BCUT2D eigenvalue weighted by Crippen LogP contribution is -2.37. The van der Waals surface area contributed by atoms with Crippen LogP contribution in [0.15, 0.2) is 60.9 Å². The Morgan fingerprint density at radius 1 is 0.704 bits per heavy atom. The van der Waals surface area contributed by atoms with Gasteiger partial charge in [0.2, 0.25) is 0 Å². The lowest BCUT2D eigenvalue weighted by Gasteiger charge is -2.28. The molecular weight excluding hydrogens is 701 g/mol. The molecule has 0 aromatic heterocycles. The number of rotatable bonds is 38. The topological polar surface area (TPSA) is 114 Å². The first-order valence-corrected chi connectivity index (χ1v) is 22.6. The lowest BCUT2D eigenvalue weighted by molar-refractivity contribution is -0.870. The average molecular weight is 782 g/mol. The fourth-order valence-electron chi connectivity index (χ4n) is 5.32. The van der Waals surface area contributed by atoms with E-state index < -0.39 is 20.0 Å². The van der Waals surface area contributed by atoms with Crippen LogP contribution in [0.5, 0.6) is 0 Å². The number of hydrogen-bond acceptors (Lipinski definition) is 8. The van der Waals surface area contributed by atoms with E-state index in [4.69, 9.17) is 18.5 Å². The highest BCUT2D eigenvalue weighted by Gasteiger charge is 2.19. The van der Waals surface area contributed by atoms with Crippen LogP contribution in [0.1, 0.15) is 155 Å². The Kier molecular flexibility index (Phi) is 35.3. The van der Waals surface area contributed by atoms with E-state index in [0.29, 0.717) is 23.9 Å². The van der Waals surface area contributed by atoms with E-state index in [0.717, 1.165) is 70.6 Å². The number of carbonyl (C=O) groups excluding carboxylic acids is 1. The van der Waals surface area contributed by atoms with E-state index in [2.05, 4.69) is 38.2 Å². The number of aliphatic hydroxyl groups is 1. The van der Waals surface area contributed by atoms with E-state index in [1.54, 1.807) is 12.3 Å². The highest BCUT2D eigenvalue weighted by molar-refractivity contribution is 7.45. The van der Waals surface area contributed by atoms with Gasteiger partial charge in [0, 0.05) is 6.42 Å². The Labute approximate surface area is 331 Å². The number of nitrogens with zero attached hydrogens (tertiary/aromatic N) is 1. The number of aliphatic hydroxyl groups excluding tert-OH is 1. The van der Waals surface area contributed by atoms with Gasteiger partial charge in [0.1, 0.15) is 19.8 Å². The number of hydrogen-bond donors (Lipinski definition) is 1. The van der Waals surface area contributed by atoms with Gasteiger partial charge in [0.15, 0.2) is 6.10 Å². The molecule has 0 aromatic rings. The maximum atomic E-state index is 12.5. The lowest BCUT2D eigenvalue weighted by atomic mass is 10.1. The number of carbonyl (C=O) groups is 1. The van der Waals surface area contributed by atoms with Gasteiger partial charge in [0.05, 0.1) is 40.1 Å². The first kappa shape index (κ1) is 52.0. The summed E-state index contributed by atoms with van der Waals surface area (Å²) < 4.78 is 34.3. The van der Waals surface area contributed by atoms with Gasteiger partial charge in [-0.3, -0.25) is 9.36 Å². The van der Waals surface area contributed by atoms with Gasteiger partial charge in [-0.2, -0.15) is 0 Å². The largest absolute Gasteiger partial charge is 0.756 e. The fraction of sp³-hybridized carbons (Fsp3) is 0.750. The summed E-state index contributed by atoms with van der Waals surface area (Å²) in [7, 11) is 1.30. The van der Waals surface area contributed by atoms with Crippen molar-refractivity contribution in [2.75, 3.05) is 47.5 Å². The molecule has 0 aliphatic rings. The zero-order chi connectivity index (χ0) is 40.0. The second kappa shape index (κ2) is 36.6. The minimum atomic E-state index is -4.53. The molecule has 10 heteroatoms. The maximum Gasteiger partial charge on any atom is 0.305 e. The van der Waals surface area contributed by atoms with Crippen molar-refractivity contribution in [2.45, 2.75) is 167 Å². The van der Waals surface area contributed by atoms with Crippen LogP contribution in [-0.2, 0) is 27.9 Å². The third kappa shape index (κ3) is 39.7. The molecule has 0 saturated carbocycles. The zero-order valence-electron chi connectivity index (χ0n) is 35.0. The molecule has 1 N–H and O–H groups in total. The third-order valence-corrected chi connectivity index (χ3v) is 9.69. The van der Waals surface area contributed by atoms with Gasteiger partial charge < -0.3 is 33.0 Å². The summed E-state index contributed by atoms with van der Waals surface area (Å²) >= 11 is 0. The van der Waals surface area contributed by atoms with E-state index in [9.17, 15) is 19.4 Å². The summed E-state index contributed by atoms with van der Waals surface area (Å²) in [5.41, 5.74) is 0. The minimum Gasteiger partial charge on any atom is -0.756 e. The highest BCUT2D eigenvalue weighted by atomic mass is 31.2. The summed E-state index contributed by atoms with van der Waals surface area (Å²) in [6, 6.07) is 0. The number of unbranched alkanes of at least 4 members (excludes halogenated alkanes) is 16. The van der Waals surface area contributed by atoms with Crippen molar-refractivity contribution < 1.29 is 42.4 Å². The van der Waals surface area contributed by atoms with Gasteiger partial charge in [-0.25, -0.2) is 0 Å². The molecule has 54 heavy (non-hydrogen) atoms. The molecule has 314 valence electrons. The van der Waals surface area contributed by atoms with Gasteiger partial charge >= 0.3 is 5.97 Å². The SMILES string of the molecule is CC/C=C/CC(O)/C=C/C=C/CCCCCCCC(=O)OC[C@H](COP(=O)([O-])OCC[N+](C)(C)C)O/C=C/CCCCCC/C=C\CCCCCCCC. The molecule has 0 fully saturated rings. The molecule has 0 bridgehead atoms. The fourth-order valence-corrected chi connectivity index (χ4v) is 6.05. The number of quaternary nitrogens is 1. The minimum absolute atomic E-state index is 0.0106. The molecule has 0 aliphatic heterocycles. The summed E-state index contributed by atoms with van der Waals surface area (Å²) in [5, 5.41) is 9.87. The monoisotopic (exact) mass is 782 g/mol. The van der Waals surface area contributed by atoms with Crippen LogP contribution >= 0.6 is 7.82 Å². The number of ether oxygens (including phenoxy) is 2. The normalized spacial score (nSPS) is 14.9. The Bertz CT molecular complexity index is 1070. The van der Waals surface area contributed by atoms with Crippen molar-refractivity contribution >= 4 is 13.8 Å². The number of phosphoric acid groups is 1. The van der Waals surface area contributed by atoms with Crippen molar-refractivity contribution in [1.82, 2.24) is 0 Å². The Morgan fingerprint density at radius 2 is 1.28 bits per heavy atom. The predicted octanol–water partition coefficient (Wildman–Crippen LogP) is 10.8. The van der Waals surface area contributed by atoms with E-state index in [-0.39, 0.29) is 25.8 Å². The quantitative estimate of drug-likeness (QED) is 0.0125. The van der Waals surface area contributed by atoms with Crippen molar-refractivity contribution in [3.05, 3.63) is 60.9 Å². The molecule has 0 heterocycles. The Balaban J connectivity index is 4.40. The molecule has 9 nitrogen and oxygen atoms in total. The summed E-state index contributed by atoms with van der Waals surface area (Å²) in [5.74, 6) is -0.337. The van der Waals surface area contributed by atoms with Crippen LogP contribution < -0.4 is 4.89 Å². The van der Waals surface area contributed by atoms with Crippen LogP contribution in [-0.4, -0.2) is 75.3 Å². The van der Waals surface area contributed by atoms with Crippen LogP contribution in [0.25, 0.3) is 0 Å². The van der Waals surface area contributed by atoms with Crippen molar-refractivity contribution in [1.29, 1.82) is 0 Å². The molecule has 0 aromatic carbocycles. The third-order valence-electron chi connectivity index (χ3n) is 8.72. The molecule has 3 atom stereocenters.